The molecule has 0 amide bonds. The van der Waals surface area contributed by atoms with Crippen LogP contribution < -0.4 is 0 Å². The first-order valence-corrected chi connectivity index (χ1v) is 14.5. The molecule has 1 aromatic heterocycles. The molecule has 222 valence electrons. The number of aromatic nitrogens is 1. The van der Waals surface area contributed by atoms with Gasteiger partial charge in [-0.25, -0.2) is 4.79 Å². The molecular formula is C33H43NO7. The Bertz CT molecular complexity index is 1180. The molecule has 4 heterocycles. The number of hydrogen-bond donors (Lipinski definition) is 1. The summed E-state index contributed by atoms with van der Waals surface area (Å²) in [6.45, 7) is 7.82. The maximum Gasteiger partial charge on any atom is 0.330 e. The van der Waals surface area contributed by atoms with E-state index in [1.807, 2.05) is 76.3 Å². The molecular weight excluding hydrogens is 522 g/mol. The van der Waals surface area contributed by atoms with E-state index < -0.39 is 23.8 Å². The molecule has 3 aliphatic rings. The van der Waals surface area contributed by atoms with Crippen LogP contribution in [0.5, 0.6) is 0 Å². The average Bonchev–Trinajstić information content (AvgIpc) is 3.62. The number of carbonyl (C=O) groups is 2. The molecule has 8 nitrogen and oxygen atoms in total. The van der Waals surface area contributed by atoms with Crippen molar-refractivity contribution in [3.63, 3.8) is 0 Å². The van der Waals surface area contributed by atoms with Crippen LogP contribution in [0.4, 0.5) is 0 Å². The van der Waals surface area contributed by atoms with Crippen LogP contribution in [0.25, 0.3) is 6.08 Å². The summed E-state index contributed by atoms with van der Waals surface area (Å²) >= 11 is 0. The molecule has 0 saturated carbocycles. The Hall–Kier alpha value is -3.07. The first kappa shape index (κ1) is 30.9. The zero-order chi connectivity index (χ0) is 29.6. The van der Waals surface area contributed by atoms with E-state index in [4.69, 9.17) is 18.9 Å². The number of pyridine rings is 1. The normalized spacial score (nSPS) is 36.0. The van der Waals surface area contributed by atoms with Gasteiger partial charge in [0.2, 0.25) is 0 Å². The minimum atomic E-state index is -0.882. The summed E-state index contributed by atoms with van der Waals surface area (Å²) in [5.74, 6) is -0.877. The number of allylic oxidation sites excluding steroid dienone is 3. The topological polar surface area (TPSA) is 107 Å². The van der Waals surface area contributed by atoms with E-state index in [9.17, 15) is 14.7 Å². The van der Waals surface area contributed by atoms with E-state index in [1.165, 1.54) is 6.08 Å². The minimum absolute atomic E-state index is 0.00547. The van der Waals surface area contributed by atoms with Crippen LogP contribution in [0, 0.1) is 17.8 Å². The lowest BCUT2D eigenvalue weighted by molar-refractivity contribution is -0.158. The number of esters is 2. The lowest BCUT2D eigenvalue weighted by Crippen LogP contribution is -2.41. The van der Waals surface area contributed by atoms with Gasteiger partial charge in [0.15, 0.2) is 0 Å². The summed E-state index contributed by atoms with van der Waals surface area (Å²) in [6.07, 6.45) is 14.1. The van der Waals surface area contributed by atoms with Crippen LogP contribution in [-0.2, 0) is 28.5 Å². The van der Waals surface area contributed by atoms with Gasteiger partial charge in [-0.15, -0.1) is 0 Å². The van der Waals surface area contributed by atoms with E-state index in [0.29, 0.717) is 12.8 Å². The number of ether oxygens (including phenoxy) is 4. The third-order valence-electron chi connectivity index (χ3n) is 8.56. The number of carbonyl (C=O) groups excluding carboxylic acids is 2. The fourth-order valence-electron chi connectivity index (χ4n) is 5.80. The average molecular weight is 566 g/mol. The molecule has 2 saturated heterocycles. The predicted octanol–water partition coefficient (Wildman–Crippen LogP) is 4.99. The summed E-state index contributed by atoms with van der Waals surface area (Å²) in [4.78, 5) is 29.5. The molecule has 2 fully saturated rings. The Labute approximate surface area is 243 Å². The maximum atomic E-state index is 13.0. The van der Waals surface area contributed by atoms with E-state index in [0.717, 1.165) is 17.7 Å². The number of fused-ring (bicyclic) bond motifs is 3. The Kier molecular flexibility index (Phi) is 10.3. The van der Waals surface area contributed by atoms with Crippen LogP contribution in [0.2, 0.25) is 0 Å². The zero-order valence-electron chi connectivity index (χ0n) is 24.6. The van der Waals surface area contributed by atoms with Crippen molar-refractivity contribution in [1.29, 1.82) is 0 Å². The molecule has 0 spiro atoms. The Morgan fingerprint density at radius 3 is 2.76 bits per heavy atom. The van der Waals surface area contributed by atoms with Crippen molar-refractivity contribution in [2.75, 3.05) is 7.11 Å². The molecule has 3 aliphatic heterocycles. The number of aliphatic hydroxyl groups is 1. The first-order chi connectivity index (χ1) is 19.6. The second kappa shape index (κ2) is 13.7. The van der Waals surface area contributed by atoms with Crippen molar-refractivity contribution in [1.82, 2.24) is 4.98 Å². The van der Waals surface area contributed by atoms with Gasteiger partial charge in [-0.3, -0.25) is 9.78 Å². The van der Waals surface area contributed by atoms with E-state index in [2.05, 4.69) is 4.98 Å². The van der Waals surface area contributed by atoms with Crippen molar-refractivity contribution in [3.05, 3.63) is 72.1 Å². The van der Waals surface area contributed by atoms with E-state index in [1.54, 1.807) is 19.4 Å². The van der Waals surface area contributed by atoms with Gasteiger partial charge in [0, 0.05) is 44.1 Å². The molecule has 8 heteroatoms. The fraction of sp³-hybridized carbons (Fsp3) is 0.545. The van der Waals surface area contributed by atoms with Crippen molar-refractivity contribution >= 4 is 18.0 Å². The van der Waals surface area contributed by atoms with Crippen LogP contribution >= 0.6 is 0 Å². The Morgan fingerprint density at radius 2 is 2.02 bits per heavy atom. The molecule has 9 atom stereocenters. The van der Waals surface area contributed by atoms with Gasteiger partial charge in [-0.1, -0.05) is 50.3 Å². The number of cyclic esters (lactones) is 1. The van der Waals surface area contributed by atoms with Crippen molar-refractivity contribution in [3.8, 4) is 0 Å². The van der Waals surface area contributed by atoms with E-state index in [-0.39, 0.29) is 48.5 Å². The Morgan fingerprint density at radius 1 is 1.22 bits per heavy atom. The summed E-state index contributed by atoms with van der Waals surface area (Å²) in [7, 11) is 1.63. The van der Waals surface area contributed by atoms with Gasteiger partial charge in [0.25, 0.3) is 0 Å². The van der Waals surface area contributed by atoms with Gasteiger partial charge < -0.3 is 24.1 Å². The molecule has 1 aromatic rings. The summed E-state index contributed by atoms with van der Waals surface area (Å²) in [5, 5.41) is 11.3. The SMILES string of the molecule is CO[C@@H](/C(C)=C/C=C/c1ccccn1)[C@@H](C)[C@@H]1C[C@H](O)[C@@]2(C)O[C@@H]2/C=C/[C@@H](C)[C@H]2C[C@@H](C/C=C/C(=O)O1)CC(=O)O2. The van der Waals surface area contributed by atoms with Crippen LogP contribution in [0.15, 0.2) is 66.4 Å². The molecule has 4 rings (SSSR count). The first-order valence-electron chi connectivity index (χ1n) is 14.5. The van der Waals surface area contributed by atoms with Crippen molar-refractivity contribution in [2.24, 2.45) is 17.8 Å². The number of epoxide rings is 1. The monoisotopic (exact) mass is 565 g/mol. The zero-order valence-corrected chi connectivity index (χ0v) is 24.6. The van der Waals surface area contributed by atoms with Crippen molar-refractivity contribution < 1.29 is 33.6 Å². The highest BCUT2D eigenvalue weighted by molar-refractivity contribution is 5.82. The number of hydrogen-bond acceptors (Lipinski definition) is 8. The molecule has 1 N–H and O–H groups in total. The second-order valence-corrected chi connectivity index (χ2v) is 11.7. The number of methoxy groups -OCH3 is 1. The molecule has 0 radical (unpaired) electrons. The summed E-state index contributed by atoms with van der Waals surface area (Å²) in [5.41, 5.74) is 0.983. The lowest BCUT2D eigenvalue weighted by atomic mass is 9.85. The highest BCUT2D eigenvalue weighted by Crippen LogP contribution is 2.43. The van der Waals surface area contributed by atoms with Gasteiger partial charge in [0.1, 0.15) is 23.9 Å². The second-order valence-electron chi connectivity index (χ2n) is 11.7. The predicted molar refractivity (Wildman–Crippen MR) is 155 cm³/mol. The van der Waals surface area contributed by atoms with Gasteiger partial charge in [0.05, 0.1) is 17.9 Å². The summed E-state index contributed by atoms with van der Waals surface area (Å²) in [6, 6.07) is 5.72. The highest BCUT2D eigenvalue weighted by Gasteiger charge is 2.57. The van der Waals surface area contributed by atoms with Gasteiger partial charge in [-0.2, -0.15) is 0 Å². The quantitative estimate of drug-likeness (QED) is 0.223. The molecule has 0 aliphatic carbocycles. The Balaban J connectivity index is 1.54. The van der Waals surface area contributed by atoms with Crippen molar-refractivity contribution in [2.45, 2.75) is 89.5 Å². The summed E-state index contributed by atoms with van der Waals surface area (Å²) < 4.78 is 23.4. The van der Waals surface area contributed by atoms with Gasteiger partial charge in [-0.05, 0) is 56.4 Å². The standard InChI is InChI=1S/C33H43NO7/c1-21-15-16-29-33(4,41-29)28(35)20-27(40-30(36)14-9-11-24-18-26(21)39-31(37)19-24)23(3)32(38-5)22(2)10-8-13-25-12-6-7-17-34-25/h6-10,12-17,21,23-24,26-29,32,35H,11,18-20H2,1-5H3/b13-8+,14-9+,16-15+,22-10+/t21-,23+,24-,26-,27+,28+,29-,32+,33-/m1/s1. The molecule has 41 heavy (non-hydrogen) atoms. The third-order valence-corrected chi connectivity index (χ3v) is 8.56. The van der Waals surface area contributed by atoms with Crippen LogP contribution in [-0.4, -0.2) is 65.3 Å². The number of nitrogens with zero attached hydrogens (tertiary/aromatic N) is 1. The molecule has 2 bridgehead atoms. The van der Waals surface area contributed by atoms with Crippen LogP contribution in [0.1, 0.15) is 59.1 Å². The maximum absolute atomic E-state index is 13.0. The smallest absolute Gasteiger partial charge is 0.330 e. The lowest BCUT2D eigenvalue weighted by Gasteiger charge is -2.32. The largest absolute Gasteiger partial charge is 0.462 e. The third kappa shape index (κ3) is 8.03. The van der Waals surface area contributed by atoms with E-state index >= 15 is 0 Å². The molecule has 0 unspecified atom stereocenters. The number of rotatable bonds is 6. The van der Waals surface area contributed by atoms with Crippen LogP contribution in [0.3, 0.4) is 0 Å². The molecule has 0 aromatic carbocycles. The highest BCUT2D eigenvalue weighted by atomic mass is 16.6. The van der Waals surface area contributed by atoms with Gasteiger partial charge >= 0.3 is 11.9 Å². The fourth-order valence-corrected chi connectivity index (χ4v) is 5.80. The number of aliphatic hydroxyl groups excluding tert-OH is 1. The minimum Gasteiger partial charge on any atom is -0.462 e.